The highest BCUT2D eigenvalue weighted by Gasteiger charge is 2.39. The number of carbonyl (C=O) groups excluding carboxylic acids is 1. The molecule has 0 saturated carbocycles. The summed E-state index contributed by atoms with van der Waals surface area (Å²) in [5.74, 6) is -2.14. The van der Waals surface area contributed by atoms with Gasteiger partial charge in [0.1, 0.15) is 5.82 Å². The van der Waals surface area contributed by atoms with Crippen molar-refractivity contribution in [2.75, 3.05) is 5.32 Å². The van der Waals surface area contributed by atoms with Gasteiger partial charge in [0.15, 0.2) is 0 Å². The molecule has 1 amide bonds. The van der Waals surface area contributed by atoms with Crippen LogP contribution in [0, 0.1) is 5.82 Å². The van der Waals surface area contributed by atoms with Gasteiger partial charge < -0.3 is 10.4 Å². The highest BCUT2D eigenvalue weighted by atomic mass is 19.1. The average Bonchev–Trinajstić information content (AvgIpc) is 2.57. The molecule has 1 unspecified atom stereocenters. The van der Waals surface area contributed by atoms with Crippen molar-refractivity contribution in [2.24, 2.45) is 0 Å². The Morgan fingerprint density at radius 2 is 1.96 bits per heavy atom. The first-order valence-corrected chi connectivity index (χ1v) is 7.84. The molecule has 0 spiro atoms. The maximum Gasteiger partial charge on any atom is 0.335 e. The minimum Gasteiger partial charge on any atom is -0.478 e. The normalized spacial score (nSPS) is 19.4. The van der Waals surface area contributed by atoms with Gasteiger partial charge in [-0.2, -0.15) is 0 Å². The SMILES string of the molecule is CC1(C(=O)Nc2cc(C(=O)O)ccc2F)CCCc2ccccc21. The number of benzene rings is 2. The van der Waals surface area contributed by atoms with Gasteiger partial charge in [0.2, 0.25) is 5.91 Å². The third-order valence-corrected chi connectivity index (χ3v) is 4.70. The summed E-state index contributed by atoms with van der Waals surface area (Å²) in [5, 5.41) is 11.6. The fraction of sp³-hybridized carbons (Fsp3) is 0.263. The first kappa shape index (κ1) is 16.2. The van der Waals surface area contributed by atoms with Crippen LogP contribution >= 0.6 is 0 Å². The largest absolute Gasteiger partial charge is 0.478 e. The summed E-state index contributed by atoms with van der Waals surface area (Å²) in [6.45, 7) is 1.85. The number of rotatable bonds is 3. The molecule has 1 aliphatic carbocycles. The first-order chi connectivity index (χ1) is 11.4. The van der Waals surface area contributed by atoms with Crippen molar-refractivity contribution in [2.45, 2.75) is 31.6 Å². The van der Waals surface area contributed by atoms with E-state index in [2.05, 4.69) is 5.32 Å². The Labute approximate surface area is 139 Å². The molecule has 0 radical (unpaired) electrons. The fourth-order valence-corrected chi connectivity index (χ4v) is 3.29. The minimum atomic E-state index is -1.17. The molecule has 0 saturated heterocycles. The predicted molar refractivity (Wildman–Crippen MR) is 88.7 cm³/mol. The second-order valence-electron chi connectivity index (χ2n) is 6.30. The molecule has 2 aromatic rings. The summed E-state index contributed by atoms with van der Waals surface area (Å²) in [5.41, 5.74) is 1.13. The maximum absolute atomic E-state index is 14.0. The number of halogens is 1. The Morgan fingerprint density at radius 1 is 1.21 bits per heavy atom. The second-order valence-corrected chi connectivity index (χ2v) is 6.30. The molecule has 0 fully saturated rings. The quantitative estimate of drug-likeness (QED) is 0.902. The molecule has 0 aliphatic heterocycles. The number of hydrogen-bond donors (Lipinski definition) is 2. The Morgan fingerprint density at radius 3 is 2.71 bits per heavy atom. The number of hydrogen-bond acceptors (Lipinski definition) is 2. The lowest BCUT2D eigenvalue weighted by Gasteiger charge is -2.34. The van der Waals surface area contributed by atoms with E-state index in [0.29, 0.717) is 6.42 Å². The van der Waals surface area contributed by atoms with Gasteiger partial charge in [-0.3, -0.25) is 4.79 Å². The molecule has 2 N–H and O–H groups in total. The number of carboxylic acids is 1. The van der Waals surface area contributed by atoms with Gasteiger partial charge >= 0.3 is 5.97 Å². The number of aromatic carboxylic acids is 1. The van der Waals surface area contributed by atoms with E-state index in [-0.39, 0.29) is 17.2 Å². The van der Waals surface area contributed by atoms with E-state index < -0.39 is 17.2 Å². The van der Waals surface area contributed by atoms with Crippen LogP contribution < -0.4 is 5.32 Å². The molecule has 0 heterocycles. The summed E-state index contributed by atoms with van der Waals surface area (Å²) >= 11 is 0. The van der Waals surface area contributed by atoms with Crippen LogP contribution in [0.25, 0.3) is 0 Å². The summed E-state index contributed by atoms with van der Waals surface area (Å²) < 4.78 is 14.0. The third kappa shape index (κ3) is 2.77. The molecule has 1 aliphatic rings. The Kier molecular flexibility index (Phi) is 4.09. The van der Waals surface area contributed by atoms with E-state index in [0.717, 1.165) is 36.1 Å². The lowest BCUT2D eigenvalue weighted by Crippen LogP contribution is -2.40. The molecule has 124 valence electrons. The van der Waals surface area contributed by atoms with Gasteiger partial charge in [0, 0.05) is 0 Å². The topological polar surface area (TPSA) is 66.4 Å². The number of nitrogens with one attached hydrogen (secondary N) is 1. The highest BCUT2D eigenvalue weighted by molar-refractivity contribution is 6.00. The minimum absolute atomic E-state index is 0.0686. The standard InChI is InChI=1S/C19H18FNO3/c1-19(10-4-6-12-5-2-3-7-14(12)19)18(24)21-16-11-13(17(22)23)8-9-15(16)20/h2-3,5,7-9,11H,4,6,10H2,1H3,(H,21,24)(H,22,23). The molecular weight excluding hydrogens is 309 g/mol. The molecule has 1 atom stereocenters. The molecule has 2 aromatic carbocycles. The second kappa shape index (κ2) is 6.07. The van der Waals surface area contributed by atoms with Crippen LogP contribution in [-0.2, 0) is 16.6 Å². The Hall–Kier alpha value is -2.69. The lowest BCUT2D eigenvalue weighted by atomic mass is 9.70. The molecule has 0 bridgehead atoms. The van der Waals surface area contributed by atoms with Crippen LogP contribution in [0.4, 0.5) is 10.1 Å². The average molecular weight is 327 g/mol. The van der Waals surface area contributed by atoms with Crippen LogP contribution in [0.15, 0.2) is 42.5 Å². The predicted octanol–water partition coefficient (Wildman–Crippen LogP) is 3.76. The fourth-order valence-electron chi connectivity index (χ4n) is 3.29. The monoisotopic (exact) mass is 327 g/mol. The number of anilines is 1. The Balaban J connectivity index is 1.94. The van der Waals surface area contributed by atoms with Crippen molar-refractivity contribution in [1.29, 1.82) is 0 Å². The van der Waals surface area contributed by atoms with E-state index in [1.807, 2.05) is 31.2 Å². The van der Waals surface area contributed by atoms with Gasteiger partial charge in [-0.1, -0.05) is 24.3 Å². The van der Waals surface area contributed by atoms with E-state index in [1.54, 1.807) is 0 Å². The highest BCUT2D eigenvalue weighted by Crippen LogP contribution is 2.38. The zero-order valence-electron chi connectivity index (χ0n) is 13.3. The summed E-state index contributed by atoms with van der Waals surface area (Å²) in [4.78, 5) is 23.9. The molecule has 5 heteroatoms. The van der Waals surface area contributed by atoms with E-state index in [9.17, 15) is 14.0 Å². The van der Waals surface area contributed by atoms with E-state index in [4.69, 9.17) is 5.11 Å². The smallest absolute Gasteiger partial charge is 0.335 e. The van der Waals surface area contributed by atoms with Gasteiger partial charge in [-0.25, -0.2) is 9.18 Å². The number of fused-ring (bicyclic) bond motifs is 1. The van der Waals surface area contributed by atoms with E-state index in [1.165, 1.54) is 6.07 Å². The van der Waals surface area contributed by atoms with E-state index >= 15 is 0 Å². The van der Waals surface area contributed by atoms with Gasteiger partial charge in [-0.15, -0.1) is 0 Å². The summed E-state index contributed by atoms with van der Waals surface area (Å²) in [6, 6.07) is 11.1. The lowest BCUT2D eigenvalue weighted by molar-refractivity contribution is -0.121. The zero-order chi connectivity index (χ0) is 17.3. The van der Waals surface area contributed by atoms with Crippen molar-refractivity contribution in [1.82, 2.24) is 0 Å². The van der Waals surface area contributed by atoms with Gasteiger partial charge in [0.05, 0.1) is 16.7 Å². The van der Waals surface area contributed by atoms with Crippen molar-refractivity contribution < 1.29 is 19.1 Å². The Bertz CT molecular complexity index is 818. The van der Waals surface area contributed by atoms with Crippen LogP contribution in [0.2, 0.25) is 0 Å². The molecule has 0 aromatic heterocycles. The van der Waals surface area contributed by atoms with Crippen LogP contribution in [0.5, 0.6) is 0 Å². The number of carbonyl (C=O) groups is 2. The zero-order valence-corrected chi connectivity index (χ0v) is 13.3. The van der Waals surface area contributed by atoms with Gasteiger partial charge in [0.25, 0.3) is 0 Å². The van der Waals surface area contributed by atoms with Gasteiger partial charge in [-0.05, 0) is 55.5 Å². The van der Waals surface area contributed by atoms with Crippen molar-refractivity contribution >= 4 is 17.6 Å². The van der Waals surface area contributed by atoms with Crippen molar-refractivity contribution in [3.63, 3.8) is 0 Å². The van der Waals surface area contributed by atoms with Crippen molar-refractivity contribution in [3.8, 4) is 0 Å². The first-order valence-electron chi connectivity index (χ1n) is 7.84. The summed E-state index contributed by atoms with van der Waals surface area (Å²) in [7, 11) is 0. The van der Waals surface area contributed by atoms with Crippen molar-refractivity contribution in [3.05, 3.63) is 65.0 Å². The number of aryl methyl sites for hydroxylation is 1. The summed E-state index contributed by atoms with van der Waals surface area (Å²) in [6.07, 6.45) is 2.45. The third-order valence-electron chi connectivity index (χ3n) is 4.70. The van der Waals surface area contributed by atoms with Crippen LogP contribution in [-0.4, -0.2) is 17.0 Å². The molecule has 24 heavy (non-hydrogen) atoms. The molecule has 4 nitrogen and oxygen atoms in total. The molecule has 3 rings (SSSR count). The number of amides is 1. The molecular formula is C19H18FNO3. The van der Waals surface area contributed by atoms with Crippen LogP contribution in [0.1, 0.15) is 41.3 Å². The number of carboxylic acid groups (broad SMARTS) is 1. The van der Waals surface area contributed by atoms with Crippen LogP contribution in [0.3, 0.4) is 0 Å². The maximum atomic E-state index is 14.0.